The van der Waals surface area contributed by atoms with E-state index < -0.39 is 12.1 Å². The molecule has 1 amide bonds. The largest absolute Gasteiger partial charge is 0.480 e. The Morgan fingerprint density at radius 2 is 1.92 bits per heavy atom. The van der Waals surface area contributed by atoms with Crippen molar-refractivity contribution < 1.29 is 19.1 Å². The third-order valence-electron chi connectivity index (χ3n) is 4.13. The molecule has 1 unspecified atom stereocenters. The normalized spacial score (nSPS) is 11.6. The van der Waals surface area contributed by atoms with E-state index in [0.717, 1.165) is 11.1 Å². The zero-order valence-corrected chi connectivity index (χ0v) is 16.0. The first-order valence-electron chi connectivity index (χ1n) is 8.29. The van der Waals surface area contributed by atoms with Crippen molar-refractivity contribution in [1.82, 2.24) is 0 Å². The van der Waals surface area contributed by atoms with Crippen LogP contribution in [0, 0.1) is 13.8 Å². The average Bonchev–Trinajstić information content (AvgIpc) is 2.63. The van der Waals surface area contributed by atoms with Gasteiger partial charge in [0, 0.05) is 0 Å². The minimum Gasteiger partial charge on any atom is -0.480 e. The molecule has 2 rings (SSSR count). The number of amides is 1. The highest BCUT2D eigenvalue weighted by Crippen LogP contribution is 2.26. The average molecular weight is 376 g/mol. The van der Waals surface area contributed by atoms with Crippen LogP contribution in [-0.4, -0.2) is 25.1 Å². The Kier molecular flexibility index (Phi) is 6.64. The van der Waals surface area contributed by atoms with Crippen molar-refractivity contribution in [1.29, 1.82) is 0 Å². The SMILES string of the molecule is CCC(Oc1cccc(C)c1C)C(=O)Nc1cc(C(=O)OC)ccc1Cl. The summed E-state index contributed by atoms with van der Waals surface area (Å²) in [5, 5.41) is 3.06. The van der Waals surface area contributed by atoms with Gasteiger partial charge in [-0.2, -0.15) is 0 Å². The van der Waals surface area contributed by atoms with Crippen LogP contribution in [0.2, 0.25) is 5.02 Å². The molecule has 2 aromatic rings. The summed E-state index contributed by atoms with van der Waals surface area (Å²) in [6.45, 7) is 5.80. The molecule has 0 fully saturated rings. The number of methoxy groups -OCH3 is 1. The van der Waals surface area contributed by atoms with Gasteiger partial charge in [-0.05, 0) is 55.7 Å². The number of carbonyl (C=O) groups excluding carboxylic acids is 2. The first kappa shape index (κ1) is 19.8. The second-order valence-corrected chi connectivity index (χ2v) is 6.30. The molecule has 0 aliphatic heterocycles. The van der Waals surface area contributed by atoms with E-state index in [-0.39, 0.29) is 5.91 Å². The molecule has 0 aliphatic rings. The van der Waals surface area contributed by atoms with Crippen molar-refractivity contribution in [2.75, 3.05) is 12.4 Å². The number of rotatable bonds is 6. The molecule has 0 heterocycles. The van der Waals surface area contributed by atoms with Crippen LogP contribution in [0.5, 0.6) is 5.75 Å². The van der Waals surface area contributed by atoms with Crippen LogP contribution in [0.4, 0.5) is 5.69 Å². The van der Waals surface area contributed by atoms with Gasteiger partial charge < -0.3 is 14.8 Å². The lowest BCUT2D eigenvalue weighted by Gasteiger charge is -2.20. The highest BCUT2D eigenvalue weighted by atomic mass is 35.5. The summed E-state index contributed by atoms with van der Waals surface area (Å²) in [5.41, 5.74) is 2.72. The van der Waals surface area contributed by atoms with Gasteiger partial charge in [0.15, 0.2) is 6.10 Å². The van der Waals surface area contributed by atoms with E-state index in [4.69, 9.17) is 16.3 Å². The number of hydrogen-bond donors (Lipinski definition) is 1. The lowest BCUT2D eigenvalue weighted by atomic mass is 10.1. The van der Waals surface area contributed by atoms with Gasteiger partial charge in [0.05, 0.1) is 23.4 Å². The van der Waals surface area contributed by atoms with Gasteiger partial charge >= 0.3 is 5.97 Å². The zero-order chi connectivity index (χ0) is 19.3. The Hall–Kier alpha value is -2.53. The van der Waals surface area contributed by atoms with Gasteiger partial charge in [-0.1, -0.05) is 30.7 Å². The van der Waals surface area contributed by atoms with E-state index in [9.17, 15) is 9.59 Å². The van der Waals surface area contributed by atoms with Crippen LogP contribution in [0.15, 0.2) is 36.4 Å². The summed E-state index contributed by atoms with van der Waals surface area (Å²) in [7, 11) is 1.29. The predicted molar refractivity (Wildman–Crippen MR) is 102 cm³/mol. The number of benzene rings is 2. The summed E-state index contributed by atoms with van der Waals surface area (Å²) >= 11 is 6.13. The van der Waals surface area contributed by atoms with E-state index in [1.54, 1.807) is 0 Å². The maximum absolute atomic E-state index is 12.6. The fraction of sp³-hybridized carbons (Fsp3) is 0.300. The molecule has 0 spiro atoms. The number of ether oxygens (including phenoxy) is 2. The van der Waals surface area contributed by atoms with Crippen molar-refractivity contribution >= 4 is 29.2 Å². The number of carbonyl (C=O) groups is 2. The molecule has 0 aromatic heterocycles. The van der Waals surface area contributed by atoms with Gasteiger partial charge in [0.25, 0.3) is 5.91 Å². The third kappa shape index (κ3) is 4.55. The van der Waals surface area contributed by atoms with E-state index in [1.807, 2.05) is 39.0 Å². The maximum Gasteiger partial charge on any atom is 0.337 e. The van der Waals surface area contributed by atoms with Crippen molar-refractivity contribution in [2.24, 2.45) is 0 Å². The first-order valence-corrected chi connectivity index (χ1v) is 8.66. The number of aryl methyl sites for hydroxylation is 1. The van der Waals surface area contributed by atoms with Crippen LogP contribution >= 0.6 is 11.6 Å². The second-order valence-electron chi connectivity index (χ2n) is 5.89. The lowest BCUT2D eigenvalue weighted by molar-refractivity contribution is -0.122. The zero-order valence-electron chi connectivity index (χ0n) is 15.3. The smallest absolute Gasteiger partial charge is 0.337 e. The van der Waals surface area contributed by atoms with Crippen molar-refractivity contribution in [2.45, 2.75) is 33.3 Å². The molecular formula is C20H22ClNO4. The Bertz CT molecular complexity index is 819. The summed E-state index contributed by atoms with van der Waals surface area (Å²) in [4.78, 5) is 24.3. The maximum atomic E-state index is 12.6. The van der Waals surface area contributed by atoms with Gasteiger partial charge in [0.1, 0.15) is 5.75 Å². The Morgan fingerprint density at radius 3 is 2.58 bits per heavy atom. The molecule has 138 valence electrons. The minimum atomic E-state index is -0.687. The Balaban J connectivity index is 2.19. The molecule has 0 bridgehead atoms. The minimum absolute atomic E-state index is 0.302. The molecule has 0 saturated carbocycles. The van der Waals surface area contributed by atoms with E-state index in [2.05, 4.69) is 10.1 Å². The highest BCUT2D eigenvalue weighted by Gasteiger charge is 2.21. The summed E-state index contributed by atoms with van der Waals surface area (Å²) in [6, 6.07) is 10.3. The second kappa shape index (κ2) is 8.72. The van der Waals surface area contributed by atoms with Crippen molar-refractivity contribution in [3.63, 3.8) is 0 Å². The van der Waals surface area contributed by atoms with Crippen molar-refractivity contribution in [3.8, 4) is 5.75 Å². The van der Waals surface area contributed by atoms with Crippen LogP contribution in [0.1, 0.15) is 34.8 Å². The first-order chi connectivity index (χ1) is 12.4. The number of esters is 1. The van der Waals surface area contributed by atoms with Gasteiger partial charge in [-0.15, -0.1) is 0 Å². The fourth-order valence-corrected chi connectivity index (χ4v) is 2.57. The van der Waals surface area contributed by atoms with E-state index in [0.29, 0.717) is 28.4 Å². The van der Waals surface area contributed by atoms with Crippen LogP contribution in [-0.2, 0) is 9.53 Å². The molecule has 2 aromatic carbocycles. The summed E-state index contributed by atoms with van der Waals surface area (Å²) in [5.74, 6) is -0.172. The van der Waals surface area contributed by atoms with Gasteiger partial charge in [-0.25, -0.2) is 4.79 Å². The third-order valence-corrected chi connectivity index (χ3v) is 4.46. The number of hydrogen-bond acceptors (Lipinski definition) is 4. The monoisotopic (exact) mass is 375 g/mol. The molecule has 6 heteroatoms. The van der Waals surface area contributed by atoms with E-state index in [1.165, 1.54) is 25.3 Å². The molecule has 26 heavy (non-hydrogen) atoms. The van der Waals surface area contributed by atoms with Gasteiger partial charge in [-0.3, -0.25) is 4.79 Å². The molecular weight excluding hydrogens is 354 g/mol. The fourth-order valence-electron chi connectivity index (χ4n) is 2.41. The topological polar surface area (TPSA) is 64.6 Å². The highest BCUT2D eigenvalue weighted by molar-refractivity contribution is 6.33. The standard InChI is InChI=1S/C20H22ClNO4/c1-5-17(26-18-8-6-7-12(2)13(18)3)19(23)22-16-11-14(20(24)25-4)9-10-15(16)21/h6-11,17H,5H2,1-4H3,(H,22,23). The Morgan fingerprint density at radius 1 is 1.19 bits per heavy atom. The number of halogens is 1. The van der Waals surface area contributed by atoms with Crippen molar-refractivity contribution in [3.05, 3.63) is 58.1 Å². The molecule has 0 aliphatic carbocycles. The molecule has 1 N–H and O–H groups in total. The quantitative estimate of drug-likeness (QED) is 0.753. The van der Waals surface area contributed by atoms with Gasteiger partial charge in [0.2, 0.25) is 0 Å². The number of anilines is 1. The lowest BCUT2D eigenvalue weighted by Crippen LogP contribution is -2.32. The Labute approximate surface area is 158 Å². The van der Waals surface area contributed by atoms with Crippen LogP contribution in [0.25, 0.3) is 0 Å². The van der Waals surface area contributed by atoms with E-state index >= 15 is 0 Å². The number of nitrogens with one attached hydrogen (secondary N) is 1. The predicted octanol–water partition coefficient (Wildman–Crippen LogP) is 4.54. The molecule has 0 radical (unpaired) electrons. The molecule has 0 saturated heterocycles. The molecule has 1 atom stereocenters. The van der Waals surface area contributed by atoms with Crippen LogP contribution in [0.3, 0.4) is 0 Å². The summed E-state index contributed by atoms with van der Waals surface area (Å²) in [6.07, 6.45) is -0.207. The van der Waals surface area contributed by atoms with Crippen LogP contribution < -0.4 is 10.1 Å². The summed E-state index contributed by atoms with van der Waals surface area (Å²) < 4.78 is 10.6. The molecule has 5 nitrogen and oxygen atoms in total.